The number of anilines is 1. The minimum absolute atomic E-state index is 0.0639. The monoisotopic (exact) mass is 319 g/mol. The van der Waals surface area contributed by atoms with Gasteiger partial charge in [-0.2, -0.15) is 0 Å². The predicted molar refractivity (Wildman–Crippen MR) is 87.4 cm³/mol. The molecule has 1 aromatic heterocycles. The van der Waals surface area contributed by atoms with Gasteiger partial charge in [0.1, 0.15) is 18.8 Å². The highest BCUT2D eigenvalue weighted by atomic mass is 16.5. The van der Waals surface area contributed by atoms with Gasteiger partial charge in [0.05, 0.1) is 5.69 Å². The molecule has 7 nitrogen and oxygen atoms in total. The summed E-state index contributed by atoms with van der Waals surface area (Å²) >= 11 is 0. The molecule has 1 fully saturated rings. The van der Waals surface area contributed by atoms with Crippen molar-refractivity contribution in [1.82, 2.24) is 19.8 Å². The number of hydrogen-bond donors (Lipinski definition) is 0. The number of likely N-dealkylation sites (N-methyl/N-ethyl adjacent to an activating group) is 1. The van der Waals surface area contributed by atoms with E-state index in [9.17, 15) is 4.79 Å². The van der Waals surface area contributed by atoms with Crippen LogP contribution < -0.4 is 4.90 Å². The highest BCUT2D eigenvalue weighted by molar-refractivity contribution is 5.77. The van der Waals surface area contributed by atoms with E-state index in [1.807, 2.05) is 4.90 Å². The van der Waals surface area contributed by atoms with E-state index in [-0.39, 0.29) is 12.5 Å². The Bertz CT molecular complexity index is 557. The van der Waals surface area contributed by atoms with Gasteiger partial charge < -0.3 is 14.5 Å². The summed E-state index contributed by atoms with van der Waals surface area (Å²) in [6, 6.07) is 0. The molecule has 0 unspecified atom stereocenters. The summed E-state index contributed by atoms with van der Waals surface area (Å²) in [4.78, 5) is 27.5. The summed E-state index contributed by atoms with van der Waals surface area (Å²) in [5.41, 5.74) is 2.44. The third kappa shape index (κ3) is 3.45. The van der Waals surface area contributed by atoms with Crippen molar-refractivity contribution in [1.29, 1.82) is 0 Å². The van der Waals surface area contributed by atoms with E-state index in [1.165, 1.54) is 11.3 Å². The first-order valence-electron chi connectivity index (χ1n) is 8.29. The molecule has 2 aliphatic rings. The van der Waals surface area contributed by atoms with Crippen molar-refractivity contribution in [2.75, 3.05) is 57.9 Å². The first-order chi connectivity index (χ1) is 11.2. The Balaban J connectivity index is 1.71. The maximum atomic E-state index is 11.9. The SMILES string of the molecule is CCN1CCc2ncnc(N3CCN(C(=O)COC)CC3)c2C1. The van der Waals surface area contributed by atoms with Gasteiger partial charge in [-0.3, -0.25) is 9.69 Å². The number of fused-ring (bicyclic) bond motifs is 1. The average molecular weight is 319 g/mol. The van der Waals surface area contributed by atoms with Crippen molar-refractivity contribution in [2.24, 2.45) is 0 Å². The second-order valence-corrected chi connectivity index (χ2v) is 6.04. The van der Waals surface area contributed by atoms with Crippen LogP contribution in [0.4, 0.5) is 5.82 Å². The number of carbonyl (C=O) groups is 1. The van der Waals surface area contributed by atoms with Crippen LogP contribution in [-0.4, -0.2) is 78.7 Å². The zero-order valence-electron chi connectivity index (χ0n) is 14.0. The lowest BCUT2D eigenvalue weighted by atomic mass is 10.1. The van der Waals surface area contributed by atoms with Gasteiger partial charge in [-0.05, 0) is 6.54 Å². The number of piperazine rings is 1. The molecule has 0 aliphatic carbocycles. The standard InChI is InChI=1S/C16H25N5O2/c1-3-19-5-4-14-13(10-19)16(18-12-17-14)21-8-6-20(7-9-21)15(22)11-23-2/h12H,3-11H2,1-2H3. The zero-order valence-corrected chi connectivity index (χ0v) is 14.0. The molecule has 2 aliphatic heterocycles. The molecule has 0 N–H and O–H groups in total. The molecule has 126 valence electrons. The molecular formula is C16H25N5O2. The van der Waals surface area contributed by atoms with Crippen LogP contribution in [0.15, 0.2) is 6.33 Å². The van der Waals surface area contributed by atoms with Crippen molar-refractivity contribution in [3.8, 4) is 0 Å². The fourth-order valence-corrected chi connectivity index (χ4v) is 3.31. The second kappa shape index (κ2) is 7.23. The molecule has 3 rings (SSSR count). The van der Waals surface area contributed by atoms with E-state index in [2.05, 4.69) is 26.7 Å². The first-order valence-corrected chi connectivity index (χ1v) is 8.29. The van der Waals surface area contributed by atoms with Crippen molar-refractivity contribution >= 4 is 11.7 Å². The second-order valence-electron chi connectivity index (χ2n) is 6.04. The smallest absolute Gasteiger partial charge is 0.248 e. The van der Waals surface area contributed by atoms with Crippen LogP contribution in [-0.2, 0) is 22.5 Å². The van der Waals surface area contributed by atoms with Crippen molar-refractivity contribution in [2.45, 2.75) is 19.9 Å². The van der Waals surface area contributed by atoms with E-state index < -0.39 is 0 Å². The lowest BCUT2D eigenvalue weighted by molar-refractivity contribution is -0.135. The van der Waals surface area contributed by atoms with Crippen LogP contribution in [0, 0.1) is 0 Å². The van der Waals surface area contributed by atoms with E-state index in [0.717, 1.165) is 58.1 Å². The van der Waals surface area contributed by atoms with E-state index in [0.29, 0.717) is 0 Å². The van der Waals surface area contributed by atoms with Gasteiger partial charge in [0.15, 0.2) is 0 Å². The van der Waals surface area contributed by atoms with Crippen LogP contribution in [0.1, 0.15) is 18.2 Å². The topological polar surface area (TPSA) is 61.8 Å². The van der Waals surface area contributed by atoms with E-state index >= 15 is 0 Å². The summed E-state index contributed by atoms with van der Waals surface area (Å²) in [7, 11) is 1.56. The Morgan fingerprint density at radius 1 is 1.22 bits per heavy atom. The number of amides is 1. The average Bonchev–Trinajstić information content (AvgIpc) is 2.61. The Morgan fingerprint density at radius 3 is 2.70 bits per heavy atom. The molecule has 0 atom stereocenters. The van der Waals surface area contributed by atoms with Crippen LogP contribution in [0.25, 0.3) is 0 Å². The normalized spacial score (nSPS) is 18.9. The highest BCUT2D eigenvalue weighted by Gasteiger charge is 2.26. The molecule has 1 amide bonds. The Labute approximate surface area is 137 Å². The van der Waals surface area contributed by atoms with Crippen molar-refractivity contribution < 1.29 is 9.53 Å². The molecule has 3 heterocycles. The van der Waals surface area contributed by atoms with Gasteiger partial charge in [0.2, 0.25) is 5.91 Å². The highest BCUT2D eigenvalue weighted by Crippen LogP contribution is 2.26. The minimum Gasteiger partial charge on any atom is -0.375 e. The molecule has 1 aromatic rings. The first kappa shape index (κ1) is 16.1. The third-order valence-corrected chi connectivity index (χ3v) is 4.71. The van der Waals surface area contributed by atoms with Gasteiger partial charge in [-0.15, -0.1) is 0 Å². The van der Waals surface area contributed by atoms with Crippen LogP contribution in [0.3, 0.4) is 0 Å². The van der Waals surface area contributed by atoms with Gasteiger partial charge in [-0.25, -0.2) is 9.97 Å². The van der Waals surface area contributed by atoms with Gasteiger partial charge in [0.25, 0.3) is 0 Å². The molecule has 0 bridgehead atoms. The lowest BCUT2D eigenvalue weighted by Gasteiger charge is -2.37. The van der Waals surface area contributed by atoms with E-state index in [4.69, 9.17) is 4.74 Å². The van der Waals surface area contributed by atoms with Gasteiger partial charge in [-0.1, -0.05) is 6.92 Å². The fourth-order valence-electron chi connectivity index (χ4n) is 3.31. The number of rotatable bonds is 4. The largest absolute Gasteiger partial charge is 0.375 e. The number of methoxy groups -OCH3 is 1. The summed E-state index contributed by atoms with van der Waals surface area (Å²) in [5, 5.41) is 0. The number of nitrogens with zero attached hydrogens (tertiary/aromatic N) is 5. The molecule has 1 saturated heterocycles. The zero-order chi connectivity index (χ0) is 16.2. The van der Waals surface area contributed by atoms with Crippen molar-refractivity contribution in [3.63, 3.8) is 0 Å². The lowest BCUT2D eigenvalue weighted by Crippen LogP contribution is -2.50. The molecule has 0 radical (unpaired) electrons. The number of ether oxygens (including phenoxy) is 1. The van der Waals surface area contributed by atoms with Gasteiger partial charge >= 0.3 is 0 Å². The summed E-state index contributed by atoms with van der Waals surface area (Å²) in [5.74, 6) is 1.11. The molecule has 7 heteroatoms. The van der Waals surface area contributed by atoms with Gasteiger partial charge in [0, 0.05) is 58.4 Å². The Kier molecular flexibility index (Phi) is 5.07. The fraction of sp³-hybridized carbons (Fsp3) is 0.688. The number of aromatic nitrogens is 2. The minimum atomic E-state index is 0.0639. The summed E-state index contributed by atoms with van der Waals surface area (Å²) in [6.07, 6.45) is 2.67. The maximum Gasteiger partial charge on any atom is 0.248 e. The van der Waals surface area contributed by atoms with Crippen molar-refractivity contribution in [3.05, 3.63) is 17.6 Å². The van der Waals surface area contributed by atoms with Crippen LogP contribution in [0.2, 0.25) is 0 Å². The van der Waals surface area contributed by atoms with E-state index in [1.54, 1.807) is 13.4 Å². The third-order valence-electron chi connectivity index (χ3n) is 4.71. The maximum absolute atomic E-state index is 11.9. The quantitative estimate of drug-likeness (QED) is 0.787. The van der Waals surface area contributed by atoms with Crippen LogP contribution >= 0.6 is 0 Å². The number of hydrogen-bond acceptors (Lipinski definition) is 6. The molecule has 23 heavy (non-hydrogen) atoms. The molecule has 0 spiro atoms. The molecular weight excluding hydrogens is 294 g/mol. The Morgan fingerprint density at radius 2 is 2.00 bits per heavy atom. The Hall–Kier alpha value is -1.73. The number of carbonyl (C=O) groups excluding carboxylic acids is 1. The predicted octanol–water partition coefficient (Wildman–Crippen LogP) is 0.150. The summed E-state index contributed by atoms with van der Waals surface area (Å²) in [6.45, 7) is 8.45. The molecule has 0 aromatic carbocycles. The molecule has 0 saturated carbocycles. The summed E-state index contributed by atoms with van der Waals surface area (Å²) < 4.78 is 4.94. The van der Waals surface area contributed by atoms with Crippen LogP contribution in [0.5, 0.6) is 0 Å².